The van der Waals surface area contributed by atoms with Crippen LogP contribution in [0.15, 0.2) is 22.8 Å². The van der Waals surface area contributed by atoms with Gasteiger partial charge in [0.15, 0.2) is 0 Å². The molecule has 0 unspecified atom stereocenters. The van der Waals surface area contributed by atoms with Crippen molar-refractivity contribution >= 4 is 32.8 Å². The standard InChI is InChI=1S/C19H25BrN2O3/c1-19(2,3)25-18(23)12-5-7-14(8-6-12)22-11-13-9-15(20)17(24-4)10-16(13)21-22/h9-12,14H,5-8H2,1-4H3. The summed E-state index contributed by atoms with van der Waals surface area (Å²) in [6.07, 6.45) is 5.66. The molecule has 0 atom stereocenters. The van der Waals surface area contributed by atoms with Crippen molar-refractivity contribution < 1.29 is 14.3 Å². The molecule has 0 N–H and O–H groups in total. The molecule has 1 fully saturated rings. The van der Waals surface area contributed by atoms with Gasteiger partial charge in [-0.2, -0.15) is 5.10 Å². The predicted octanol–water partition coefficient (Wildman–Crippen LogP) is 4.88. The van der Waals surface area contributed by atoms with Crippen LogP contribution in [0.2, 0.25) is 0 Å². The number of esters is 1. The predicted molar refractivity (Wildman–Crippen MR) is 101 cm³/mol. The van der Waals surface area contributed by atoms with Gasteiger partial charge in [0.25, 0.3) is 0 Å². The normalized spacial score (nSPS) is 21.3. The molecule has 0 radical (unpaired) electrons. The first-order chi connectivity index (χ1) is 11.8. The molecule has 1 aromatic carbocycles. The maximum atomic E-state index is 12.2. The summed E-state index contributed by atoms with van der Waals surface area (Å²) in [6.45, 7) is 5.74. The average Bonchev–Trinajstić information content (AvgIpc) is 2.95. The van der Waals surface area contributed by atoms with E-state index >= 15 is 0 Å². The van der Waals surface area contributed by atoms with Gasteiger partial charge in [-0.1, -0.05) is 0 Å². The zero-order valence-electron chi connectivity index (χ0n) is 15.2. The van der Waals surface area contributed by atoms with E-state index in [0.29, 0.717) is 6.04 Å². The molecule has 136 valence electrons. The molecule has 1 aliphatic carbocycles. The lowest BCUT2D eigenvalue weighted by Gasteiger charge is -2.29. The Morgan fingerprint density at radius 3 is 2.52 bits per heavy atom. The molecule has 1 heterocycles. The summed E-state index contributed by atoms with van der Waals surface area (Å²) < 4.78 is 13.8. The Morgan fingerprint density at radius 1 is 1.24 bits per heavy atom. The minimum atomic E-state index is -0.417. The Kier molecular flexibility index (Phi) is 5.09. The molecule has 0 saturated heterocycles. The van der Waals surface area contributed by atoms with Crippen LogP contribution in [0.25, 0.3) is 10.9 Å². The van der Waals surface area contributed by atoms with E-state index in [1.807, 2.05) is 37.6 Å². The van der Waals surface area contributed by atoms with Crippen LogP contribution in [0.3, 0.4) is 0 Å². The van der Waals surface area contributed by atoms with Crippen LogP contribution in [0.1, 0.15) is 52.5 Å². The number of methoxy groups -OCH3 is 1. The van der Waals surface area contributed by atoms with Crippen LogP contribution in [0, 0.1) is 5.92 Å². The molecule has 1 saturated carbocycles. The molecule has 1 aliphatic rings. The van der Waals surface area contributed by atoms with Crippen molar-refractivity contribution in [3.05, 3.63) is 22.8 Å². The molecule has 0 bridgehead atoms. The Morgan fingerprint density at radius 2 is 1.92 bits per heavy atom. The first-order valence-electron chi connectivity index (χ1n) is 8.72. The molecule has 3 rings (SSSR count). The van der Waals surface area contributed by atoms with Crippen LogP contribution in [-0.4, -0.2) is 28.5 Å². The highest BCUT2D eigenvalue weighted by Crippen LogP contribution is 2.35. The molecule has 1 aromatic heterocycles. The van der Waals surface area contributed by atoms with E-state index in [2.05, 4.69) is 22.1 Å². The summed E-state index contributed by atoms with van der Waals surface area (Å²) in [5.74, 6) is 0.728. The van der Waals surface area contributed by atoms with Crippen LogP contribution >= 0.6 is 15.9 Å². The van der Waals surface area contributed by atoms with Gasteiger partial charge in [0.05, 0.1) is 29.1 Å². The van der Waals surface area contributed by atoms with Crippen LogP contribution in [0.5, 0.6) is 5.75 Å². The Hall–Kier alpha value is -1.56. The number of benzene rings is 1. The highest BCUT2D eigenvalue weighted by Gasteiger charge is 2.30. The van der Waals surface area contributed by atoms with Crippen LogP contribution in [-0.2, 0) is 9.53 Å². The van der Waals surface area contributed by atoms with Crippen LogP contribution < -0.4 is 4.74 Å². The quantitative estimate of drug-likeness (QED) is 0.678. The highest BCUT2D eigenvalue weighted by molar-refractivity contribution is 9.10. The fourth-order valence-corrected chi connectivity index (χ4v) is 3.87. The van der Waals surface area contributed by atoms with Crippen molar-refractivity contribution in [2.24, 2.45) is 5.92 Å². The molecular weight excluding hydrogens is 384 g/mol. The molecular formula is C19H25BrN2O3. The van der Waals surface area contributed by atoms with Gasteiger partial charge in [0.2, 0.25) is 0 Å². The first-order valence-corrected chi connectivity index (χ1v) is 9.51. The smallest absolute Gasteiger partial charge is 0.309 e. The van der Waals surface area contributed by atoms with Gasteiger partial charge >= 0.3 is 5.97 Å². The van der Waals surface area contributed by atoms with E-state index in [0.717, 1.165) is 46.8 Å². The molecule has 0 amide bonds. The molecule has 5 nitrogen and oxygen atoms in total. The minimum Gasteiger partial charge on any atom is -0.495 e. The van der Waals surface area contributed by atoms with Crippen LogP contribution in [0.4, 0.5) is 0 Å². The van der Waals surface area contributed by atoms with Gasteiger partial charge in [-0.05, 0) is 68.5 Å². The van der Waals surface area contributed by atoms with E-state index in [4.69, 9.17) is 14.6 Å². The number of carbonyl (C=O) groups is 1. The zero-order chi connectivity index (χ0) is 18.2. The number of aromatic nitrogens is 2. The molecule has 6 heteroatoms. The Bertz CT molecular complexity index is 771. The fourth-order valence-electron chi connectivity index (χ4n) is 3.35. The summed E-state index contributed by atoms with van der Waals surface area (Å²) in [7, 11) is 1.65. The lowest BCUT2D eigenvalue weighted by Crippen LogP contribution is -2.31. The zero-order valence-corrected chi connectivity index (χ0v) is 16.8. The third-order valence-corrected chi connectivity index (χ3v) is 5.23. The highest BCUT2D eigenvalue weighted by atomic mass is 79.9. The third kappa shape index (κ3) is 4.17. The molecule has 0 spiro atoms. The number of halogens is 1. The molecule has 2 aromatic rings. The van der Waals surface area contributed by atoms with Crippen molar-refractivity contribution in [3.8, 4) is 5.75 Å². The topological polar surface area (TPSA) is 53.4 Å². The number of ether oxygens (including phenoxy) is 2. The molecule has 0 aliphatic heterocycles. The Labute approximate surface area is 156 Å². The lowest BCUT2D eigenvalue weighted by molar-refractivity contribution is -0.161. The van der Waals surface area contributed by atoms with Crippen molar-refractivity contribution in [3.63, 3.8) is 0 Å². The SMILES string of the molecule is COc1cc2nn(C3CCC(C(=O)OC(C)(C)C)CC3)cc2cc1Br. The number of nitrogens with zero attached hydrogens (tertiary/aromatic N) is 2. The maximum Gasteiger partial charge on any atom is 0.309 e. The van der Waals surface area contributed by atoms with E-state index in [9.17, 15) is 4.79 Å². The van der Waals surface area contributed by atoms with E-state index in [1.54, 1.807) is 7.11 Å². The summed E-state index contributed by atoms with van der Waals surface area (Å²) in [6, 6.07) is 4.31. The second-order valence-electron chi connectivity index (χ2n) is 7.69. The maximum absolute atomic E-state index is 12.2. The van der Waals surface area contributed by atoms with Gasteiger partial charge in [0.1, 0.15) is 11.4 Å². The van der Waals surface area contributed by atoms with Gasteiger partial charge in [-0.3, -0.25) is 9.48 Å². The number of rotatable bonds is 3. The Balaban J connectivity index is 1.69. The van der Waals surface area contributed by atoms with Crippen molar-refractivity contribution in [1.82, 2.24) is 9.78 Å². The second kappa shape index (κ2) is 6.98. The minimum absolute atomic E-state index is 0.00897. The summed E-state index contributed by atoms with van der Waals surface area (Å²) in [5, 5.41) is 5.80. The monoisotopic (exact) mass is 408 g/mol. The summed E-state index contributed by atoms with van der Waals surface area (Å²) in [4.78, 5) is 12.2. The number of fused-ring (bicyclic) bond motifs is 1. The lowest BCUT2D eigenvalue weighted by atomic mass is 9.86. The fraction of sp³-hybridized carbons (Fsp3) is 0.579. The second-order valence-corrected chi connectivity index (χ2v) is 8.55. The van der Waals surface area contributed by atoms with E-state index in [-0.39, 0.29) is 11.9 Å². The summed E-state index contributed by atoms with van der Waals surface area (Å²) in [5.41, 5.74) is 0.509. The number of hydrogen-bond donors (Lipinski definition) is 0. The average molecular weight is 409 g/mol. The first kappa shape index (κ1) is 18.2. The van der Waals surface area contributed by atoms with Crippen molar-refractivity contribution in [1.29, 1.82) is 0 Å². The third-order valence-electron chi connectivity index (χ3n) is 4.61. The number of carbonyl (C=O) groups excluding carboxylic acids is 1. The summed E-state index contributed by atoms with van der Waals surface area (Å²) >= 11 is 3.52. The van der Waals surface area contributed by atoms with Gasteiger partial charge in [-0.15, -0.1) is 0 Å². The number of hydrogen-bond acceptors (Lipinski definition) is 4. The van der Waals surface area contributed by atoms with Gasteiger partial charge < -0.3 is 9.47 Å². The van der Waals surface area contributed by atoms with Gasteiger partial charge in [0, 0.05) is 17.6 Å². The van der Waals surface area contributed by atoms with Crippen molar-refractivity contribution in [2.45, 2.75) is 58.1 Å². The van der Waals surface area contributed by atoms with Crippen molar-refractivity contribution in [2.75, 3.05) is 7.11 Å². The molecule has 25 heavy (non-hydrogen) atoms. The largest absolute Gasteiger partial charge is 0.495 e. The van der Waals surface area contributed by atoms with E-state index < -0.39 is 5.60 Å². The van der Waals surface area contributed by atoms with Gasteiger partial charge in [-0.25, -0.2) is 0 Å². The van der Waals surface area contributed by atoms with E-state index in [1.165, 1.54) is 0 Å².